The van der Waals surface area contributed by atoms with E-state index in [0.717, 1.165) is 16.5 Å². The number of benzene rings is 4. The van der Waals surface area contributed by atoms with E-state index in [2.05, 4.69) is 52.8 Å². The molecular formula is C66H88N14O13. The Balaban J connectivity index is 1.31. The summed E-state index contributed by atoms with van der Waals surface area (Å²) in [5, 5.41) is 34.4. The van der Waals surface area contributed by atoms with E-state index in [-0.39, 0.29) is 38.0 Å². The number of hydrogen-bond acceptors (Lipinski definition) is 14. The second kappa shape index (κ2) is 36.7. The lowest BCUT2D eigenvalue weighted by atomic mass is 9.96. The monoisotopic (exact) mass is 1280 g/mol. The van der Waals surface area contributed by atoms with E-state index >= 15 is 0 Å². The molecule has 12 amide bonds. The van der Waals surface area contributed by atoms with Crippen LogP contribution in [-0.2, 0) is 83.2 Å². The molecule has 0 fully saturated rings. The smallest absolute Gasteiger partial charge is 0.245 e. The number of aromatic amines is 1. The fourth-order valence-electron chi connectivity index (χ4n) is 10.1. The Morgan fingerprint density at radius 3 is 1.37 bits per heavy atom. The van der Waals surface area contributed by atoms with Crippen molar-refractivity contribution in [3.8, 4) is 0 Å². The Morgan fingerprint density at radius 1 is 0.441 bits per heavy atom. The Kier molecular flexibility index (Phi) is 29.1. The van der Waals surface area contributed by atoms with Gasteiger partial charge in [0.1, 0.15) is 54.4 Å². The number of nitrogens with one attached hydrogen (secondary N) is 10. The minimum absolute atomic E-state index is 0.0220. The number of nitrogens with two attached hydrogens (primary N) is 4. The van der Waals surface area contributed by atoms with E-state index in [0.29, 0.717) is 23.1 Å². The molecular weight excluding hydrogens is 1200 g/mol. The van der Waals surface area contributed by atoms with Gasteiger partial charge < -0.3 is 80.9 Å². The van der Waals surface area contributed by atoms with Crippen molar-refractivity contribution in [3.05, 3.63) is 144 Å². The zero-order valence-corrected chi connectivity index (χ0v) is 52.9. The van der Waals surface area contributed by atoms with Crippen LogP contribution in [0.15, 0.2) is 121 Å². The molecule has 5 aromatic rings. The van der Waals surface area contributed by atoms with E-state index in [1.165, 1.54) is 6.92 Å². The minimum atomic E-state index is -1.74. The average Bonchev–Trinajstić information content (AvgIpc) is 1.78. The second-order valence-electron chi connectivity index (χ2n) is 23.5. The van der Waals surface area contributed by atoms with Gasteiger partial charge in [0.15, 0.2) is 0 Å². The van der Waals surface area contributed by atoms with Crippen molar-refractivity contribution in [3.63, 3.8) is 0 Å². The number of primary amides is 3. The van der Waals surface area contributed by atoms with Crippen LogP contribution in [-0.4, -0.2) is 148 Å². The Labute approximate surface area is 539 Å². The van der Waals surface area contributed by atoms with Crippen LogP contribution < -0.4 is 70.8 Å². The molecule has 0 aliphatic heterocycles. The SMILES string of the molecule is CC[C@H](C)[C@H](NC(=O)[C@H](CO)NC(=O)[C@H](CCC(N)=O)NC(=O)[C@H](CC(C)C)NC(=O)[C@H](CCC(N)=O)NC(=O)[C@H](C)NC(=O)[C@H](Cc1ccccc1)NC(=O)[C@H](Cc1c[nH]c2ccccc12)NC(=O)[C@@H](N)Cc1ccccc1)C(=O)N[C@@H](Cc1ccccc1)C(N)=O. The summed E-state index contributed by atoms with van der Waals surface area (Å²) in [7, 11) is 0. The first-order valence-electron chi connectivity index (χ1n) is 30.9. The number of carbonyl (C=O) groups excluding carboxylic acids is 12. The van der Waals surface area contributed by atoms with Gasteiger partial charge in [-0.3, -0.25) is 57.5 Å². The maximum absolute atomic E-state index is 14.6. The summed E-state index contributed by atoms with van der Waals surface area (Å²) in [6.45, 7) is 7.11. The van der Waals surface area contributed by atoms with E-state index in [9.17, 15) is 62.6 Å². The van der Waals surface area contributed by atoms with Gasteiger partial charge in [-0.2, -0.15) is 0 Å². The molecule has 5 rings (SSSR count). The number of carbonyl (C=O) groups is 12. The molecule has 11 atom stereocenters. The van der Waals surface area contributed by atoms with Crippen LogP contribution in [0, 0.1) is 11.8 Å². The highest BCUT2D eigenvalue weighted by Gasteiger charge is 2.37. The summed E-state index contributed by atoms with van der Waals surface area (Å²) in [6.07, 6.45) is 0.319. The first-order chi connectivity index (χ1) is 44.3. The fourth-order valence-corrected chi connectivity index (χ4v) is 10.1. The number of H-pyrrole nitrogens is 1. The van der Waals surface area contributed by atoms with Gasteiger partial charge >= 0.3 is 0 Å². The molecule has 0 spiro atoms. The van der Waals surface area contributed by atoms with Crippen molar-refractivity contribution in [2.45, 2.75) is 159 Å². The van der Waals surface area contributed by atoms with Crippen LogP contribution in [0.5, 0.6) is 0 Å². The molecule has 0 unspecified atom stereocenters. The predicted octanol–water partition coefficient (Wildman–Crippen LogP) is -0.750. The van der Waals surface area contributed by atoms with Gasteiger partial charge in [0.2, 0.25) is 70.9 Å². The molecule has 4 aromatic carbocycles. The molecule has 93 heavy (non-hydrogen) atoms. The Hall–Kier alpha value is -10.0. The zero-order valence-electron chi connectivity index (χ0n) is 52.9. The Bertz CT molecular complexity index is 3370. The van der Waals surface area contributed by atoms with Crippen molar-refractivity contribution in [1.29, 1.82) is 0 Å². The van der Waals surface area contributed by atoms with E-state index in [4.69, 9.17) is 22.9 Å². The summed E-state index contributed by atoms with van der Waals surface area (Å²) in [5.41, 5.74) is 26.5. The van der Waals surface area contributed by atoms with Crippen molar-refractivity contribution >= 4 is 81.8 Å². The highest BCUT2D eigenvalue weighted by molar-refractivity contribution is 5.99. The number of hydrogen-bond donors (Lipinski definition) is 15. The van der Waals surface area contributed by atoms with Crippen LogP contribution in [0.3, 0.4) is 0 Å². The molecule has 27 heteroatoms. The molecule has 0 bridgehead atoms. The summed E-state index contributed by atoms with van der Waals surface area (Å²) < 4.78 is 0. The molecule has 19 N–H and O–H groups in total. The minimum Gasteiger partial charge on any atom is -0.394 e. The van der Waals surface area contributed by atoms with Gasteiger partial charge in [0.25, 0.3) is 0 Å². The molecule has 1 aromatic heterocycles. The predicted molar refractivity (Wildman–Crippen MR) is 346 cm³/mol. The molecule has 0 radical (unpaired) electrons. The van der Waals surface area contributed by atoms with Gasteiger partial charge in [0, 0.05) is 49.2 Å². The Morgan fingerprint density at radius 2 is 0.849 bits per heavy atom. The number of aliphatic hydroxyl groups excluding tert-OH is 1. The maximum atomic E-state index is 14.6. The topological polar surface area (TPSA) is 453 Å². The number of rotatable bonds is 38. The average molecular weight is 1290 g/mol. The zero-order chi connectivity index (χ0) is 68.3. The molecule has 0 aliphatic carbocycles. The molecule has 1 heterocycles. The summed E-state index contributed by atoms with van der Waals surface area (Å²) >= 11 is 0. The second-order valence-corrected chi connectivity index (χ2v) is 23.5. The number of fused-ring (bicyclic) bond motifs is 1. The van der Waals surface area contributed by atoms with Crippen molar-refractivity contribution in [2.75, 3.05) is 6.61 Å². The van der Waals surface area contributed by atoms with Crippen LogP contribution in [0.25, 0.3) is 10.9 Å². The van der Waals surface area contributed by atoms with E-state index in [1.54, 1.807) is 94.6 Å². The number of para-hydroxylation sites is 1. The lowest BCUT2D eigenvalue weighted by Gasteiger charge is -2.29. The highest BCUT2D eigenvalue weighted by Crippen LogP contribution is 2.20. The lowest BCUT2D eigenvalue weighted by molar-refractivity contribution is -0.137. The first-order valence-corrected chi connectivity index (χ1v) is 30.9. The standard InChI is InChI=1S/C66H88N14O13/c1-6-38(4)56(66(93)75-49(57(70)84)32-41-20-12-8-13-21-41)80-65(92)53(36-81)79-61(88)48(27-29-55(69)83)74-63(90)50(30-37(2)3)77-60(87)47(26-28-54(68)82)73-58(85)39(5)72-62(89)51(33-42-22-14-9-15-23-42)78-64(91)52(34-43-35-71-46-25-17-16-24-44(43)46)76-59(86)45(67)31-40-18-10-7-11-19-40/h7-25,35,37-39,45,47-53,56,71,81H,6,26-34,36,67H2,1-5H3,(H2,68,82)(H2,69,83)(H2,70,84)(H,72,89)(H,73,85)(H,74,90)(H,75,93)(H,76,86)(H,77,87)(H,78,91)(H,79,88)(H,80,92)/t38-,39-,45-,47-,48-,49-,50-,51-,52-,53-,56-/m0/s1. The highest BCUT2D eigenvalue weighted by atomic mass is 16.3. The van der Waals surface area contributed by atoms with Crippen molar-refractivity contribution in [2.24, 2.45) is 34.8 Å². The van der Waals surface area contributed by atoms with E-state index in [1.807, 2.05) is 54.6 Å². The molecule has 0 saturated carbocycles. The third-order valence-electron chi connectivity index (χ3n) is 15.6. The van der Waals surface area contributed by atoms with E-state index < -0.39 is 170 Å². The first kappa shape index (κ1) is 73.7. The number of aromatic nitrogens is 1. The van der Waals surface area contributed by atoms with Crippen LogP contribution in [0.4, 0.5) is 0 Å². The van der Waals surface area contributed by atoms with Gasteiger partial charge in [-0.1, -0.05) is 143 Å². The summed E-state index contributed by atoms with van der Waals surface area (Å²) in [6, 6.07) is 19.8. The van der Waals surface area contributed by atoms with Crippen LogP contribution >= 0.6 is 0 Å². The van der Waals surface area contributed by atoms with Gasteiger partial charge in [-0.05, 0) is 72.8 Å². The van der Waals surface area contributed by atoms with Gasteiger partial charge in [-0.25, -0.2) is 0 Å². The van der Waals surface area contributed by atoms with Crippen molar-refractivity contribution < 1.29 is 62.6 Å². The number of aliphatic hydroxyl groups is 1. The summed E-state index contributed by atoms with van der Waals surface area (Å²) in [5.74, 6) is -11.5. The third-order valence-corrected chi connectivity index (χ3v) is 15.6. The third kappa shape index (κ3) is 23.9. The molecule has 500 valence electrons. The maximum Gasteiger partial charge on any atom is 0.245 e. The fraction of sp³-hybridized carbons (Fsp3) is 0.424. The molecule has 27 nitrogen and oxygen atoms in total. The summed E-state index contributed by atoms with van der Waals surface area (Å²) in [4.78, 5) is 167. The largest absolute Gasteiger partial charge is 0.394 e. The van der Waals surface area contributed by atoms with Crippen molar-refractivity contribution in [1.82, 2.24) is 52.8 Å². The quantitative estimate of drug-likeness (QED) is 0.0231. The van der Waals surface area contributed by atoms with Crippen LogP contribution in [0.1, 0.15) is 95.4 Å². The molecule has 0 aliphatic rings. The number of amides is 12. The lowest BCUT2D eigenvalue weighted by Crippen LogP contribution is -2.61. The normalized spacial score (nSPS) is 14.7. The van der Waals surface area contributed by atoms with Crippen LogP contribution in [0.2, 0.25) is 0 Å². The van der Waals surface area contributed by atoms with Gasteiger partial charge in [0.05, 0.1) is 12.6 Å². The molecule has 0 saturated heterocycles. The van der Waals surface area contributed by atoms with Gasteiger partial charge in [-0.15, -0.1) is 0 Å².